The molecule has 1 amide bonds. The fraction of sp³-hybridized carbons (Fsp3) is 0.333. The van der Waals surface area contributed by atoms with Crippen LogP contribution in [-0.4, -0.2) is 20.4 Å². The van der Waals surface area contributed by atoms with Crippen molar-refractivity contribution in [1.82, 2.24) is 19.9 Å². The lowest BCUT2D eigenvalue weighted by molar-refractivity contribution is 0.0952. The summed E-state index contributed by atoms with van der Waals surface area (Å²) in [5, 5.41) is 2.83. The maximum Gasteiger partial charge on any atom is 0.329 e. The van der Waals surface area contributed by atoms with Gasteiger partial charge in [0, 0.05) is 24.7 Å². The molecule has 0 atom stereocenters. The summed E-state index contributed by atoms with van der Waals surface area (Å²) in [4.78, 5) is 44.4. The number of pyridine rings is 1. The van der Waals surface area contributed by atoms with E-state index in [0.29, 0.717) is 23.4 Å². The Bertz CT molecular complexity index is 1240. The lowest BCUT2D eigenvalue weighted by atomic mass is 10.1. The molecule has 1 saturated carbocycles. The summed E-state index contributed by atoms with van der Waals surface area (Å²) < 4.78 is 15.1. The predicted octanol–water partition coefficient (Wildman–Crippen LogP) is 2.36. The number of halogens is 1. The van der Waals surface area contributed by atoms with Crippen LogP contribution in [-0.2, 0) is 13.1 Å². The molecular weight excluding hydrogens is 375 g/mol. The van der Waals surface area contributed by atoms with Gasteiger partial charge in [0.2, 0.25) is 0 Å². The van der Waals surface area contributed by atoms with Gasteiger partial charge in [0.1, 0.15) is 5.82 Å². The number of rotatable bonds is 5. The summed E-state index contributed by atoms with van der Waals surface area (Å²) in [6.07, 6.45) is 1.92. The lowest BCUT2D eigenvalue weighted by Crippen LogP contribution is -2.33. The standard InChI is InChI=1S/C21H21FN4O3/c1-3-26-18-17(20(28)25-21(26)29)14(9-16(24-18)13-6-7-13)19(27)23-10-12-5-4-11(2)15(22)8-12/h4-5,8-9,13H,3,6-7,10H2,1-2H3,(H,23,27)(H,25,28,29). The van der Waals surface area contributed by atoms with Crippen LogP contribution in [0.3, 0.4) is 0 Å². The van der Waals surface area contributed by atoms with Crippen molar-refractivity contribution in [2.75, 3.05) is 0 Å². The number of aromatic nitrogens is 3. The second-order valence-electron chi connectivity index (χ2n) is 7.34. The molecule has 0 spiro atoms. The van der Waals surface area contributed by atoms with E-state index in [1.165, 1.54) is 10.6 Å². The minimum atomic E-state index is -0.643. The van der Waals surface area contributed by atoms with Crippen molar-refractivity contribution in [3.8, 4) is 0 Å². The highest BCUT2D eigenvalue weighted by Gasteiger charge is 2.28. The molecule has 0 unspecified atom stereocenters. The van der Waals surface area contributed by atoms with Crippen LogP contribution in [0.25, 0.3) is 11.0 Å². The molecule has 0 bridgehead atoms. The van der Waals surface area contributed by atoms with Gasteiger partial charge >= 0.3 is 5.69 Å². The number of H-pyrrole nitrogens is 1. The smallest absolute Gasteiger partial charge is 0.329 e. The van der Waals surface area contributed by atoms with Gasteiger partial charge in [-0.3, -0.25) is 19.1 Å². The Morgan fingerprint density at radius 3 is 2.72 bits per heavy atom. The molecule has 0 radical (unpaired) electrons. The van der Waals surface area contributed by atoms with E-state index in [-0.39, 0.29) is 34.9 Å². The zero-order chi connectivity index (χ0) is 20.7. The first-order valence-corrected chi connectivity index (χ1v) is 9.60. The van der Waals surface area contributed by atoms with Crippen LogP contribution in [0.4, 0.5) is 4.39 Å². The Kier molecular flexibility index (Phi) is 4.77. The van der Waals surface area contributed by atoms with Crippen molar-refractivity contribution >= 4 is 16.9 Å². The maximum absolute atomic E-state index is 13.8. The average Bonchev–Trinajstić information content (AvgIpc) is 3.53. The summed E-state index contributed by atoms with van der Waals surface area (Å²) >= 11 is 0. The van der Waals surface area contributed by atoms with Gasteiger partial charge in [-0.15, -0.1) is 0 Å². The number of aryl methyl sites for hydroxylation is 2. The van der Waals surface area contributed by atoms with E-state index in [1.54, 1.807) is 32.0 Å². The van der Waals surface area contributed by atoms with E-state index >= 15 is 0 Å². The molecule has 1 fully saturated rings. The minimum absolute atomic E-state index is 0.0865. The zero-order valence-corrected chi connectivity index (χ0v) is 16.2. The van der Waals surface area contributed by atoms with Crippen LogP contribution >= 0.6 is 0 Å². The molecular formula is C21H21FN4O3. The lowest BCUT2D eigenvalue weighted by Gasteiger charge is -2.12. The number of nitrogens with zero attached hydrogens (tertiary/aromatic N) is 2. The summed E-state index contributed by atoms with van der Waals surface area (Å²) in [7, 11) is 0. The van der Waals surface area contributed by atoms with E-state index in [4.69, 9.17) is 0 Å². The largest absolute Gasteiger partial charge is 0.348 e. The highest BCUT2D eigenvalue weighted by atomic mass is 19.1. The normalized spacial score (nSPS) is 13.6. The number of hydrogen-bond donors (Lipinski definition) is 2. The number of carbonyl (C=O) groups excluding carboxylic acids is 1. The van der Waals surface area contributed by atoms with Crippen molar-refractivity contribution in [1.29, 1.82) is 0 Å². The number of nitrogens with one attached hydrogen (secondary N) is 2. The highest BCUT2D eigenvalue weighted by molar-refractivity contribution is 6.05. The Morgan fingerprint density at radius 1 is 1.31 bits per heavy atom. The molecule has 1 aliphatic rings. The number of aromatic amines is 1. The third-order valence-corrected chi connectivity index (χ3v) is 5.21. The minimum Gasteiger partial charge on any atom is -0.348 e. The zero-order valence-electron chi connectivity index (χ0n) is 16.2. The number of fused-ring (bicyclic) bond motifs is 1. The fourth-order valence-corrected chi connectivity index (χ4v) is 3.38. The summed E-state index contributed by atoms with van der Waals surface area (Å²) in [6.45, 7) is 3.87. The molecule has 3 aromatic rings. The number of benzene rings is 1. The van der Waals surface area contributed by atoms with Crippen molar-refractivity contribution in [3.63, 3.8) is 0 Å². The van der Waals surface area contributed by atoms with Crippen molar-refractivity contribution in [2.45, 2.75) is 45.7 Å². The van der Waals surface area contributed by atoms with E-state index in [1.807, 2.05) is 0 Å². The summed E-state index contributed by atoms with van der Waals surface area (Å²) in [6, 6.07) is 6.39. The molecule has 2 aromatic heterocycles. The number of amides is 1. The van der Waals surface area contributed by atoms with E-state index in [2.05, 4.69) is 15.3 Å². The summed E-state index contributed by atoms with van der Waals surface area (Å²) in [5.74, 6) is -0.575. The van der Waals surface area contributed by atoms with Crippen LogP contribution in [0, 0.1) is 12.7 Å². The van der Waals surface area contributed by atoms with Gasteiger partial charge in [-0.25, -0.2) is 14.2 Å². The molecule has 0 aliphatic heterocycles. The van der Waals surface area contributed by atoms with Gasteiger partial charge in [0.05, 0.1) is 10.9 Å². The van der Waals surface area contributed by atoms with Gasteiger partial charge in [0.25, 0.3) is 11.5 Å². The maximum atomic E-state index is 13.8. The first-order chi connectivity index (χ1) is 13.9. The van der Waals surface area contributed by atoms with Crippen LogP contribution < -0.4 is 16.6 Å². The van der Waals surface area contributed by atoms with E-state index in [0.717, 1.165) is 12.8 Å². The topological polar surface area (TPSA) is 96.9 Å². The third-order valence-electron chi connectivity index (χ3n) is 5.21. The van der Waals surface area contributed by atoms with Gasteiger partial charge in [-0.2, -0.15) is 0 Å². The molecule has 29 heavy (non-hydrogen) atoms. The SMILES string of the molecule is CCn1c(=O)[nH]c(=O)c2c(C(=O)NCc3ccc(C)c(F)c3)cc(C3CC3)nc21. The summed E-state index contributed by atoms with van der Waals surface area (Å²) in [5.41, 5.74) is 1.05. The fourth-order valence-electron chi connectivity index (χ4n) is 3.38. The van der Waals surface area contributed by atoms with E-state index in [9.17, 15) is 18.8 Å². The molecule has 1 aromatic carbocycles. The number of carbonyl (C=O) groups is 1. The van der Waals surface area contributed by atoms with Crippen LogP contribution in [0.15, 0.2) is 33.9 Å². The quantitative estimate of drug-likeness (QED) is 0.692. The Hall–Kier alpha value is -3.29. The molecule has 7 nitrogen and oxygen atoms in total. The van der Waals surface area contributed by atoms with Crippen LogP contribution in [0.5, 0.6) is 0 Å². The predicted molar refractivity (Wildman–Crippen MR) is 107 cm³/mol. The van der Waals surface area contributed by atoms with Gasteiger partial charge < -0.3 is 5.32 Å². The van der Waals surface area contributed by atoms with E-state index < -0.39 is 17.2 Å². The highest BCUT2D eigenvalue weighted by Crippen LogP contribution is 2.39. The van der Waals surface area contributed by atoms with Gasteiger partial charge in [-0.05, 0) is 49.9 Å². The Balaban J connectivity index is 1.77. The molecule has 150 valence electrons. The Morgan fingerprint density at radius 2 is 2.07 bits per heavy atom. The molecule has 8 heteroatoms. The second kappa shape index (κ2) is 7.27. The van der Waals surface area contributed by atoms with Crippen molar-refractivity contribution in [3.05, 3.63) is 73.3 Å². The Labute approximate surface area is 165 Å². The van der Waals surface area contributed by atoms with Gasteiger partial charge in [-0.1, -0.05) is 12.1 Å². The molecule has 2 heterocycles. The second-order valence-corrected chi connectivity index (χ2v) is 7.34. The van der Waals surface area contributed by atoms with Gasteiger partial charge in [0.15, 0.2) is 5.65 Å². The number of hydrogen-bond acceptors (Lipinski definition) is 4. The first kappa shape index (κ1) is 19.0. The van der Waals surface area contributed by atoms with Crippen LogP contribution in [0.1, 0.15) is 52.9 Å². The molecule has 0 saturated heterocycles. The molecule has 1 aliphatic carbocycles. The monoisotopic (exact) mass is 396 g/mol. The first-order valence-electron chi connectivity index (χ1n) is 9.60. The van der Waals surface area contributed by atoms with Crippen LogP contribution in [0.2, 0.25) is 0 Å². The third kappa shape index (κ3) is 3.57. The molecule has 4 rings (SSSR count). The van der Waals surface area contributed by atoms with Crippen molar-refractivity contribution < 1.29 is 9.18 Å². The average molecular weight is 396 g/mol. The molecule has 2 N–H and O–H groups in total. The van der Waals surface area contributed by atoms with Crippen molar-refractivity contribution in [2.24, 2.45) is 0 Å².